The second-order valence-corrected chi connectivity index (χ2v) is 5.34. The van der Waals surface area contributed by atoms with Gasteiger partial charge in [-0.15, -0.1) is 0 Å². The smallest absolute Gasteiger partial charge is 0.407 e. The quantitative estimate of drug-likeness (QED) is 0.859. The molecule has 1 aliphatic heterocycles. The summed E-state index contributed by atoms with van der Waals surface area (Å²) >= 11 is 0. The van der Waals surface area contributed by atoms with Crippen molar-refractivity contribution in [1.29, 1.82) is 0 Å². The Hall–Kier alpha value is -1.63. The third-order valence-electron chi connectivity index (χ3n) is 3.13. The van der Waals surface area contributed by atoms with Gasteiger partial charge in [-0.05, 0) is 19.4 Å². The number of benzene rings is 1. The molecular weight excluding hydrogens is 274 g/mol. The first-order chi connectivity index (χ1) is 10.00. The fraction of sp³-hybridized carbons (Fsp3) is 0.533. The summed E-state index contributed by atoms with van der Waals surface area (Å²) in [4.78, 5) is 11.6. The number of hydrogen-bond acceptors (Lipinski definition) is 5. The molecule has 0 aromatic heterocycles. The summed E-state index contributed by atoms with van der Waals surface area (Å²) in [6.07, 6.45) is -1.37. The first kappa shape index (κ1) is 15.8. The van der Waals surface area contributed by atoms with Crippen molar-refractivity contribution in [1.82, 2.24) is 5.32 Å². The summed E-state index contributed by atoms with van der Waals surface area (Å²) in [5.74, 6) is -0.756. The maximum absolute atomic E-state index is 11.6. The van der Waals surface area contributed by atoms with Crippen LogP contribution in [0, 0.1) is 0 Å². The number of ether oxygens (including phenoxy) is 3. The Labute approximate surface area is 124 Å². The van der Waals surface area contributed by atoms with Crippen LogP contribution in [0.2, 0.25) is 0 Å². The van der Waals surface area contributed by atoms with Crippen LogP contribution in [0.25, 0.3) is 0 Å². The van der Waals surface area contributed by atoms with E-state index in [9.17, 15) is 9.90 Å². The SMILES string of the molecule is CC1(C)OC(CO)C(CNC(=O)OCc2ccccc2)O1. The van der Waals surface area contributed by atoms with Crippen molar-refractivity contribution in [3.63, 3.8) is 0 Å². The molecule has 2 rings (SSSR count). The lowest BCUT2D eigenvalue weighted by molar-refractivity contribution is -0.148. The third kappa shape index (κ3) is 4.70. The molecule has 0 bridgehead atoms. The van der Waals surface area contributed by atoms with E-state index in [0.29, 0.717) is 0 Å². The molecule has 6 nitrogen and oxygen atoms in total. The Morgan fingerprint density at radius 2 is 1.95 bits per heavy atom. The highest BCUT2D eigenvalue weighted by molar-refractivity contribution is 5.67. The molecule has 1 aromatic carbocycles. The van der Waals surface area contributed by atoms with E-state index >= 15 is 0 Å². The molecular formula is C15H21NO5. The lowest BCUT2D eigenvalue weighted by atomic mass is 10.2. The molecule has 1 aromatic rings. The van der Waals surface area contributed by atoms with Gasteiger partial charge in [0.2, 0.25) is 0 Å². The molecule has 2 N–H and O–H groups in total. The van der Waals surface area contributed by atoms with Crippen molar-refractivity contribution < 1.29 is 24.1 Å². The molecule has 0 saturated carbocycles. The number of carbonyl (C=O) groups excluding carboxylic acids is 1. The molecule has 6 heteroatoms. The van der Waals surface area contributed by atoms with Crippen LogP contribution >= 0.6 is 0 Å². The van der Waals surface area contributed by atoms with Gasteiger partial charge in [0, 0.05) is 6.54 Å². The zero-order chi connectivity index (χ0) is 15.3. The number of aliphatic hydroxyl groups is 1. The van der Waals surface area contributed by atoms with E-state index in [1.807, 2.05) is 30.3 Å². The molecule has 1 saturated heterocycles. The summed E-state index contributed by atoms with van der Waals surface area (Å²) < 4.78 is 16.2. The van der Waals surface area contributed by atoms with Gasteiger partial charge in [-0.2, -0.15) is 0 Å². The lowest BCUT2D eigenvalue weighted by Gasteiger charge is -2.17. The predicted molar refractivity (Wildman–Crippen MR) is 75.5 cm³/mol. The average Bonchev–Trinajstić information content (AvgIpc) is 2.78. The molecule has 1 heterocycles. The van der Waals surface area contributed by atoms with Gasteiger partial charge in [0.15, 0.2) is 5.79 Å². The molecule has 0 radical (unpaired) electrons. The summed E-state index contributed by atoms with van der Waals surface area (Å²) in [6, 6.07) is 9.43. The Kier molecular flexibility index (Phi) is 5.17. The second kappa shape index (κ2) is 6.89. The largest absolute Gasteiger partial charge is 0.445 e. The minimum absolute atomic E-state index is 0.158. The average molecular weight is 295 g/mol. The van der Waals surface area contributed by atoms with Crippen LogP contribution in [0.3, 0.4) is 0 Å². The van der Waals surface area contributed by atoms with Crippen LogP contribution < -0.4 is 5.32 Å². The highest BCUT2D eigenvalue weighted by Crippen LogP contribution is 2.27. The number of rotatable bonds is 5. The second-order valence-electron chi connectivity index (χ2n) is 5.34. The van der Waals surface area contributed by atoms with Crippen LogP contribution in [0.15, 0.2) is 30.3 Å². The number of alkyl carbamates (subject to hydrolysis) is 1. The molecule has 116 valence electrons. The maximum atomic E-state index is 11.6. The molecule has 21 heavy (non-hydrogen) atoms. The Morgan fingerprint density at radius 3 is 2.62 bits per heavy atom. The highest BCUT2D eigenvalue weighted by atomic mass is 16.8. The topological polar surface area (TPSA) is 77.0 Å². The van der Waals surface area contributed by atoms with Gasteiger partial charge in [-0.25, -0.2) is 4.79 Å². The first-order valence-electron chi connectivity index (χ1n) is 6.91. The standard InChI is InChI=1S/C15H21NO5/c1-15(2)20-12(13(9-17)21-15)8-16-14(18)19-10-11-6-4-3-5-7-11/h3-7,12-13,17H,8-10H2,1-2H3,(H,16,18). The summed E-state index contributed by atoms with van der Waals surface area (Å²) in [5.41, 5.74) is 0.919. The Morgan fingerprint density at radius 1 is 1.29 bits per heavy atom. The minimum Gasteiger partial charge on any atom is -0.445 e. The van der Waals surface area contributed by atoms with Crippen LogP contribution in [0.4, 0.5) is 4.79 Å². The van der Waals surface area contributed by atoms with E-state index in [0.717, 1.165) is 5.56 Å². The van der Waals surface area contributed by atoms with Gasteiger partial charge in [-0.1, -0.05) is 30.3 Å². The summed E-state index contributed by atoms with van der Waals surface area (Å²) in [6.45, 7) is 3.81. The number of amides is 1. The molecule has 0 spiro atoms. The first-order valence-corrected chi connectivity index (χ1v) is 6.91. The van der Waals surface area contributed by atoms with E-state index in [1.54, 1.807) is 13.8 Å². The zero-order valence-corrected chi connectivity index (χ0v) is 12.2. The van der Waals surface area contributed by atoms with Gasteiger partial charge in [0.25, 0.3) is 0 Å². The molecule has 2 atom stereocenters. The van der Waals surface area contributed by atoms with E-state index in [-0.39, 0.29) is 19.8 Å². The van der Waals surface area contributed by atoms with Crippen molar-refractivity contribution >= 4 is 6.09 Å². The number of carbonyl (C=O) groups is 1. The normalized spacial score (nSPS) is 23.8. The Bertz CT molecular complexity index is 462. The van der Waals surface area contributed by atoms with Gasteiger partial charge in [0.1, 0.15) is 18.8 Å². The zero-order valence-electron chi connectivity index (χ0n) is 12.2. The molecule has 1 fully saturated rings. The van der Waals surface area contributed by atoms with E-state index in [2.05, 4.69) is 5.32 Å². The van der Waals surface area contributed by atoms with Crippen LogP contribution in [0.1, 0.15) is 19.4 Å². The number of aliphatic hydroxyl groups excluding tert-OH is 1. The number of nitrogens with one attached hydrogen (secondary N) is 1. The summed E-state index contributed by atoms with van der Waals surface area (Å²) in [7, 11) is 0. The van der Waals surface area contributed by atoms with Gasteiger partial charge in [0.05, 0.1) is 6.61 Å². The van der Waals surface area contributed by atoms with Crippen molar-refractivity contribution in [3.05, 3.63) is 35.9 Å². The van der Waals surface area contributed by atoms with E-state index in [1.165, 1.54) is 0 Å². The fourth-order valence-electron chi connectivity index (χ4n) is 2.19. The van der Waals surface area contributed by atoms with Crippen molar-refractivity contribution in [3.8, 4) is 0 Å². The Balaban J connectivity index is 1.74. The van der Waals surface area contributed by atoms with E-state index < -0.39 is 24.1 Å². The van der Waals surface area contributed by atoms with Crippen LogP contribution in [0.5, 0.6) is 0 Å². The molecule has 0 aliphatic carbocycles. The minimum atomic E-state index is -0.756. The van der Waals surface area contributed by atoms with Gasteiger partial charge in [-0.3, -0.25) is 0 Å². The van der Waals surface area contributed by atoms with Gasteiger partial charge < -0.3 is 24.6 Å². The van der Waals surface area contributed by atoms with Crippen molar-refractivity contribution in [2.45, 2.75) is 38.4 Å². The number of hydrogen-bond donors (Lipinski definition) is 2. The van der Waals surface area contributed by atoms with E-state index in [4.69, 9.17) is 14.2 Å². The van der Waals surface area contributed by atoms with Crippen molar-refractivity contribution in [2.24, 2.45) is 0 Å². The molecule has 1 amide bonds. The maximum Gasteiger partial charge on any atom is 0.407 e. The third-order valence-corrected chi connectivity index (χ3v) is 3.13. The molecule has 1 aliphatic rings. The van der Waals surface area contributed by atoms with Crippen molar-refractivity contribution in [2.75, 3.05) is 13.2 Å². The lowest BCUT2D eigenvalue weighted by Crippen LogP contribution is -2.39. The van der Waals surface area contributed by atoms with Gasteiger partial charge >= 0.3 is 6.09 Å². The molecule has 2 unspecified atom stereocenters. The predicted octanol–water partition coefficient (Wildman–Crippen LogP) is 1.43. The monoisotopic (exact) mass is 295 g/mol. The van der Waals surface area contributed by atoms with Crippen LogP contribution in [-0.4, -0.2) is 42.3 Å². The summed E-state index contributed by atoms with van der Waals surface area (Å²) in [5, 5.41) is 11.9. The van der Waals surface area contributed by atoms with Crippen LogP contribution in [-0.2, 0) is 20.8 Å². The highest BCUT2D eigenvalue weighted by Gasteiger charge is 2.40. The fourth-order valence-corrected chi connectivity index (χ4v) is 2.19.